The molecule has 1 aliphatic rings. The van der Waals surface area contributed by atoms with Crippen LogP contribution < -0.4 is 10.5 Å². The Morgan fingerprint density at radius 3 is 2.63 bits per heavy atom. The third-order valence-electron chi connectivity index (χ3n) is 6.03. The van der Waals surface area contributed by atoms with Crippen LogP contribution in [0.15, 0.2) is 82.6 Å². The van der Waals surface area contributed by atoms with E-state index >= 15 is 4.39 Å². The molecule has 13 heteroatoms. The molecule has 0 spiro atoms. The number of nitrogens with two attached hydrogens (primary N) is 1. The highest BCUT2D eigenvalue weighted by atomic mass is 35.5. The Bertz CT molecular complexity index is 1850. The van der Waals surface area contributed by atoms with E-state index in [9.17, 15) is 12.8 Å². The molecule has 0 aliphatic carbocycles. The molecule has 0 atom stereocenters. The molecule has 0 bridgehead atoms. The average molecular weight is 633 g/mol. The highest BCUT2D eigenvalue weighted by Gasteiger charge is 2.27. The second-order valence-electron chi connectivity index (χ2n) is 8.94. The quantitative estimate of drug-likeness (QED) is 0.229. The highest BCUT2D eigenvalue weighted by Crippen LogP contribution is 2.39. The normalized spacial score (nSPS) is 17.1. The van der Waals surface area contributed by atoms with Gasteiger partial charge < -0.3 is 5.73 Å². The van der Waals surface area contributed by atoms with E-state index in [2.05, 4.69) is 19.7 Å². The van der Waals surface area contributed by atoms with Crippen LogP contribution in [0.5, 0.6) is 0 Å². The number of hydrogen-bond donors (Lipinski definition) is 2. The molecule has 5 rings (SSSR count). The molecule has 0 radical (unpaired) electrons. The lowest BCUT2D eigenvalue weighted by Crippen LogP contribution is -2.16. The molecule has 0 fully saturated rings. The van der Waals surface area contributed by atoms with Crippen molar-refractivity contribution in [3.63, 3.8) is 0 Å². The van der Waals surface area contributed by atoms with Gasteiger partial charge in [-0.15, -0.1) is 11.3 Å². The SMILES string of the molecule is Cc1ccc(Cl)c(S(=O)(=O)Nc2cccc(-c3nc(-c4ccc(F)cn4)sc3C3=N/C(N)=C\CC/C=C\3)c2F)c1Cl. The number of allylic oxidation sites excluding steroid dienone is 3. The summed E-state index contributed by atoms with van der Waals surface area (Å²) < 4.78 is 58.5. The van der Waals surface area contributed by atoms with E-state index in [1.807, 2.05) is 6.08 Å². The Morgan fingerprint density at radius 1 is 1.07 bits per heavy atom. The van der Waals surface area contributed by atoms with Crippen molar-refractivity contribution < 1.29 is 17.2 Å². The number of aryl methyl sites for hydroxylation is 1. The number of nitrogens with zero attached hydrogens (tertiary/aromatic N) is 3. The van der Waals surface area contributed by atoms with E-state index in [1.54, 1.807) is 25.1 Å². The summed E-state index contributed by atoms with van der Waals surface area (Å²) in [5.74, 6) is -1.12. The number of anilines is 1. The second kappa shape index (κ2) is 11.7. The van der Waals surface area contributed by atoms with Gasteiger partial charge in [-0.1, -0.05) is 41.4 Å². The Morgan fingerprint density at radius 2 is 1.88 bits per heavy atom. The fourth-order valence-electron chi connectivity index (χ4n) is 4.03. The standard InChI is InChI=1S/C28H21Cl2F2N5O2S2/c1-15-10-12-18(29)27(23(15)30)41(38,39)37-19-8-5-6-17(24(19)32)25-26(20-7-3-2-4-9-22(33)35-20)40-28(36-25)21-13-11-16(31)14-34-21/h3,5-14,37H,2,4,33H2,1H3/b7-3-,22-9-,35-20+. The number of benzene rings is 2. The zero-order valence-corrected chi connectivity index (χ0v) is 24.5. The van der Waals surface area contributed by atoms with Gasteiger partial charge in [0.15, 0.2) is 5.82 Å². The number of pyridine rings is 1. The maximum absolute atomic E-state index is 16.1. The maximum Gasteiger partial charge on any atom is 0.264 e. The summed E-state index contributed by atoms with van der Waals surface area (Å²) in [6.07, 6.45) is 7.95. The smallest absolute Gasteiger partial charge is 0.264 e. The van der Waals surface area contributed by atoms with Crippen molar-refractivity contribution >= 4 is 56.0 Å². The van der Waals surface area contributed by atoms with Crippen molar-refractivity contribution in [2.45, 2.75) is 24.7 Å². The summed E-state index contributed by atoms with van der Waals surface area (Å²) in [5, 5.41) is 0.196. The fraction of sp³-hybridized carbons (Fsp3) is 0.107. The van der Waals surface area contributed by atoms with Gasteiger partial charge in [-0.05, 0) is 67.8 Å². The molecule has 0 amide bonds. The minimum atomic E-state index is -4.38. The molecular weight excluding hydrogens is 611 g/mol. The molecule has 210 valence electrons. The van der Waals surface area contributed by atoms with Gasteiger partial charge in [-0.3, -0.25) is 9.71 Å². The van der Waals surface area contributed by atoms with Crippen LogP contribution in [0.3, 0.4) is 0 Å². The van der Waals surface area contributed by atoms with Gasteiger partial charge >= 0.3 is 0 Å². The van der Waals surface area contributed by atoms with E-state index in [1.165, 1.54) is 47.7 Å². The summed E-state index contributed by atoms with van der Waals surface area (Å²) in [7, 11) is -4.38. The summed E-state index contributed by atoms with van der Waals surface area (Å²) in [6, 6.07) is 9.91. The highest BCUT2D eigenvalue weighted by molar-refractivity contribution is 7.93. The fourth-order valence-corrected chi connectivity index (χ4v) is 7.30. The minimum Gasteiger partial charge on any atom is -0.384 e. The van der Waals surface area contributed by atoms with Crippen molar-refractivity contribution in [1.82, 2.24) is 9.97 Å². The lowest BCUT2D eigenvalue weighted by atomic mass is 10.1. The Labute approximate surface area is 249 Å². The zero-order chi connectivity index (χ0) is 29.3. The second-order valence-corrected chi connectivity index (χ2v) is 12.3. The zero-order valence-electron chi connectivity index (χ0n) is 21.3. The molecule has 2 aromatic carbocycles. The predicted octanol–water partition coefficient (Wildman–Crippen LogP) is 7.51. The molecule has 0 saturated heterocycles. The largest absolute Gasteiger partial charge is 0.384 e. The van der Waals surface area contributed by atoms with E-state index in [4.69, 9.17) is 28.9 Å². The molecule has 4 aromatic rings. The predicted molar refractivity (Wildman–Crippen MR) is 160 cm³/mol. The first-order valence-electron chi connectivity index (χ1n) is 12.2. The van der Waals surface area contributed by atoms with Crippen LogP contribution in [0.4, 0.5) is 14.5 Å². The van der Waals surface area contributed by atoms with E-state index in [-0.39, 0.29) is 31.9 Å². The number of sulfonamides is 1. The van der Waals surface area contributed by atoms with Gasteiger partial charge in [0.1, 0.15) is 21.5 Å². The van der Waals surface area contributed by atoms with Crippen LogP contribution in [0.25, 0.3) is 22.0 Å². The van der Waals surface area contributed by atoms with Crippen molar-refractivity contribution in [1.29, 1.82) is 0 Å². The molecule has 0 saturated carbocycles. The first-order chi connectivity index (χ1) is 19.5. The van der Waals surface area contributed by atoms with Crippen molar-refractivity contribution in [3.05, 3.63) is 105 Å². The van der Waals surface area contributed by atoms with Gasteiger partial charge in [0.2, 0.25) is 0 Å². The first kappa shape index (κ1) is 28.9. The van der Waals surface area contributed by atoms with E-state index in [0.717, 1.165) is 12.6 Å². The van der Waals surface area contributed by atoms with Crippen LogP contribution in [-0.4, -0.2) is 24.1 Å². The summed E-state index contributed by atoms with van der Waals surface area (Å²) in [4.78, 5) is 13.3. The van der Waals surface area contributed by atoms with Gasteiger partial charge in [0, 0.05) is 5.56 Å². The Balaban J connectivity index is 1.65. The minimum absolute atomic E-state index is 0.00745. The lowest BCUT2D eigenvalue weighted by Gasteiger charge is -2.14. The molecule has 3 N–H and O–H groups in total. The monoisotopic (exact) mass is 631 g/mol. The van der Waals surface area contributed by atoms with Crippen molar-refractivity contribution in [2.24, 2.45) is 10.7 Å². The Hall–Kier alpha value is -3.64. The van der Waals surface area contributed by atoms with Crippen LogP contribution in [-0.2, 0) is 10.0 Å². The summed E-state index contributed by atoms with van der Waals surface area (Å²) in [5.41, 5.74) is 7.18. The van der Waals surface area contributed by atoms with Gasteiger partial charge in [0.05, 0.1) is 43.9 Å². The number of nitrogens with one attached hydrogen (secondary N) is 1. The third-order valence-corrected chi connectivity index (χ3v) is 9.60. The van der Waals surface area contributed by atoms with E-state index in [0.29, 0.717) is 39.1 Å². The van der Waals surface area contributed by atoms with Crippen LogP contribution in [0.2, 0.25) is 10.0 Å². The van der Waals surface area contributed by atoms with Crippen LogP contribution in [0.1, 0.15) is 23.3 Å². The maximum atomic E-state index is 16.1. The van der Waals surface area contributed by atoms with Gasteiger partial charge in [-0.2, -0.15) is 0 Å². The topological polar surface area (TPSA) is 110 Å². The third kappa shape index (κ3) is 6.03. The molecule has 0 unspecified atom stereocenters. The molecule has 41 heavy (non-hydrogen) atoms. The van der Waals surface area contributed by atoms with Gasteiger partial charge in [0.25, 0.3) is 10.0 Å². The van der Waals surface area contributed by atoms with Crippen molar-refractivity contribution in [2.75, 3.05) is 4.72 Å². The van der Waals surface area contributed by atoms with Crippen molar-refractivity contribution in [3.8, 4) is 22.0 Å². The number of rotatable bonds is 6. The molecular formula is C28H21Cl2F2N5O2S2. The number of thiazole rings is 1. The number of hydrogen-bond acceptors (Lipinski definition) is 7. The first-order valence-corrected chi connectivity index (χ1v) is 15.2. The average Bonchev–Trinajstić information content (AvgIpc) is 3.35. The number of aliphatic imine (C=N–C) groups is 1. The Kier molecular flexibility index (Phi) is 8.23. The molecule has 3 heterocycles. The number of halogens is 4. The van der Waals surface area contributed by atoms with Crippen LogP contribution in [0, 0.1) is 18.6 Å². The van der Waals surface area contributed by atoms with E-state index < -0.39 is 21.7 Å². The molecule has 2 aromatic heterocycles. The molecule has 1 aliphatic heterocycles. The summed E-state index contributed by atoms with van der Waals surface area (Å²) in [6.45, 7) is 1.63. The summed E-state index contributed by atoms with van der Waals surface area (Å²) >= 11 is 13.6. The van der Waals surface area contributed by atoms with Gasteiger partial charge in [-0.25, -0.2) is 27.2 Å². The molecule has 7 nitrogen and oxygen atoms in total. The van der Waals surface area contributed by atoms with Crippen LogP contribution >= 0.6 is 34.5 Å². The number of aromatic nitrogens is 2. The lowest BCUT2D eigenvalue weighted by molar-refractivity contribution is 0.599.